The van der Waals surface area contributed by atoms with E-state index in [9.17, 15) is 8.42 Å². The maximum atomic E-state index is 12.1. The predicted molar refractivity (Wildman–Crippen MR) is 80.4 cm³/mol. The Hall–Kier alpha value is -1.02. The van der Waals surface area contributed by atoms with Gasteiger partial charge in [0.05, 0.1) is 6.10 Å². The summed E-state index contributed by atoms with van der Waals surface area (Å²) in [5.74, 6) is 0. The Balaban J connectivity index is 1.89. The maximum Gasteiger partial charge on any atom is 0.258 e. The molecule has 2 N–H and O–H groups in total. The molecular weight excluding hydrogens is 290 g/mol. The van der Waals surface area contributed by atoms with E-state index in [0.29, 0.717) is 19.7 Å². The molecule has 1 saturated heterocycles. The van der Waals surface area contributed by atoms with Crippen molar-refractivity contribution < 1.29 is 13.2 Å². The highest BCUT2D eigenvalue weighted by molar-refractivity contribution is 7.89. The van der Waals surface area contributed by atoms with Crippen LogP contribution in [0.1, 0.15) is 31.7 Å². The Bertz CT molecular complexity index is 525. The number of sulfonamides is 1. The Morgan fingerprint density at radius 1 is 1.43 bits per heavy atom. The van der Waals surface area contributed by atoms with Crippen molar-refractivity contribution in [2.75, 3.05) is 19.7 Å². The van der Waals surface area contributed by atoms with Crippen LogP contribution in [0.4, 0.5) is 0 Å². The van der Waals surface area contributed by atoms with Crippen molar-refractivity contribution in [1.82, 2.24) is 15.0 Å². The second-order valence-electron chi connectivity index (χ2n) is 5.17. The third kappa shape index (κ3) is 5.03. The molecular formula is C14H23N3O3S. The molecule has 1 aliphatic rings. The molecule has 1 atom stereocenters. The van der Waals surface area contributed by atoms with Gasteiger partial charge in [-0.2, -0.15) is 0 Å². The zero-order valence-corrected chi connectivity index (χ0v) is 13.2. The molecule has 2 rings (SSSR count). The van der Waals surface area contributed by atoms with Crippen molar-refractivity contribution in [3.8, 4) is 0 Å². The van der Waals surface area contributed by atoms with Crippen LogP contribution in [-0.2, 0) is 21.3 Å². The smallest absolute Gasteiger partial charge is 0.258 e. The first-order valence-corrected chi connectivity index (χ1v) is 8.87. The SMILES string of the molecule is CCCNCc1ccc(S(=O)(=O)NCC2CCCO2)nc1. The summed E-state index contributed by atoms with van der Waals surface area (Å²) in [4.78, 5) is 4.04. The van der Waals surface area contributed by atoms with Crippen LogP contribution in [0, 0.1) is 0 Å². The van der Waals surface area contributed by atoms with Crippen LogP contribution in [0.3, 0.4) is 0 Å². The number of ether oxygens (including phenoxy) is 1. The molecule has 1 fully saturated rings. The highest BCUT2D eigenvalue weighted by Gasteiger charge is 2.20. The Morgan fingerprint density at radius 2 is 2.29 bits per heavy atom. The summed E-state index contributed by atoms with van der Waals surface area (Å²) in [6, 6.07) is 3.33. The molecule has 1 aromatic heterocycles. The van der Waals surface area contributed by atoms with E-state index in [1.165, 1.54) is 0 Å². The molecule has 0 amide bonds. The summed E-state index contributed by atoms with van der Waals surface area (Å²) in [6.07, 6.45) is 4.54. The van der Waals surface area contributed by atoms with Crippen molar-refractivity contribution in [2.24, 2.45) is 0 Å². The summed E-state index contributed by atoms with van der Waals surface area (Å²) in [6.45, 7) is 4.75. The van der Waals surface area contributed by atoms with Crippen LogP contribution >= 0.6 is 0 Å². The standard InChI is InChI=1S/C14H23N3O3S/c1-2-7-15-9-12-5-6-14(16-10-12)21(18,19)17-11-13-4-3-8-20-13/h5-6,10,13,15,17H,2-4,7-9,11H2,1H3. The quantitative estimate of drug-likeness (QED) is 0.701. The molecule has 0 saturated carbocycles. The highest BCUT2D eigenvalue weighted by atomic mass is 32.2. The van der Waals surface area contributed by atoms with E-state index in [2.05, 4.69) is 21.9 Å². The van der Waals surface area contributed by atoms with E-state index < -0.39 is 10.0 Å². The third-order valence-electron chi connectivity index (χ3n) is 3.35. The summed E-state index contributed by atoms with van der Waals surface area (Å²) in [5.41, 5.74) is 0.974. The average Bonchev–Trinajstić information content (AvgIpc) is 3.00. The van der Waals surface area contributed by atoms with Gasteiger partial charge >= 0.3 is 0 Å². The Labute approximate surface area is 126 Å². The van der Waals surface area contributed by atoms with Gasteiger partial charge in [-0.05, 0) is 37.4 Å². The Morgan fingerprint density at radius 3 is 2.90 bits per heavy atom. The van der Waals surface area contributed by atoms with Crippen LogP contribution in [0.5, 0.6) is 0 Å². The average molecular weight is 313 g/mol. The van der Waals surface area contributed by atoms with Crippen molar-refractivity contribution in [1.29, 1.82) is 0 Å². The van der Waals surface area contributed by atoms with Gasteiger partial charge in [-0.25, -0.2) is 18.1 Å². The lowest BCUT2D eigenvalue weighted by atomic mass is 10.2. The first-order valence-electron chi connectivity index (χ1n) is 7.38. The van der Waals surface area contributed by atoms with Crippen molar-refractivity contribution in [2.45, 2.75) is 43.9 Å². The molecule has 2 heterocycles. The van der Waals surface area contributed by atoms with E-state index in [1.807, 2.05) is 0 Å². The van der Waals surface area contributed by atoms with Crippen LogP contribution in [0.25, 0.3) is 0 Å². The van der Waals surface area contributed by atoms with Crippen molar-refractivity contribution in [3.05, 3.63) is 23.9 Å². The number of nitrogens with zero attached hydrogens (tertiary/aromatic N) is 1. The van der Waals surface area contributed by atoms with Gasteiger partial charge < -0.3 is 10.1 Å². The fraction of sp³-hybridized carbons (Fsp3) is 0.643. The van der Waals surface area contributed by atoms with Gasteiger partial charge in [0.15, 0.2) is 5.03 Å². The minimum absolute atomic E-state index is 0.0164. The van der Waals surface area contributed by atoms with Gasteiger partial charge in [0.2, 0.25) is 0 Å². The van der Waals surface area contributed by atoms with Gasteiger partial charge in [0.1, 0.15) is 0 Å². The van der Waals surface area contributed by atoms with Crippen LogP contribution in [0.2, 0.25) is 0 Å². The molecule has 0 aliphatic carbocycles. The minimum atomic E-state index is -3.55. The Kier molecular flexibility index (Phi) is 6.10. The zero-order valence-electron chi connectivity index (χ0n) is 12.3. The van der Waals surface area contributed by atoms with Crippen LogP contribution in [-0.4, -0.2) is 39.2 Å². The molecule has 0 bridgehead atoms. The monoisotopic (exact) mass is 313 g/mol. The number of hydrogen-bond acceptors (Lipinski definition) is 5. The fourth-order valence-electron chi connectivity index (χ4n) is 2.17. The molecule has 21 heavy (non-hydrogen) atoms. The van der Waals surface area contributed by atoms with Crippen LogP contribution in [0.15, 0.2) is 23.4 Å². The number of nitrogens with one attached hydrogen (secondary N) is 2. The largest absolute Gasteiger partial charge is 0.377 e. The van der Waals surface area contributed by atoms with Crippen LogP contribution < -0.4 is 10.0 Å². The normalized spacial score (nSPS) is 19.0. The van der Waals surface area contributed by atoms with E-state index in [-0.39, 0.29) is 11.1 Å². The van der Waals surface area contributed by atoms with Crippen molar-refractivity contribution >= 4 is 10.0 Å². The number of aromatic nitrogens is 1. The third-order valence-corrected chi connectivity index (χ3v) is 4.69. The fourth-order valence-corrected chi connectivity index (χ4v) is 3.16. The first-order chi connectivity index (χ1) is 10.1. The molecule has 1 unspecified atom stereocenters. The number of rotatable bonds is 8. The summed E-state index contributed by atoms with van der Waals surface area (Å²) in [5, 5.41) is 3.31. The topological polar surface area (TPSA) is 80.3 Å². The van der Waals surface area contributed by atoms with E-state index >= 15 is 0 Å². The van der Waals surface area contributed by atoms with Gasteiger partial charge in [-0.1, -0.05) is 13.0 Å². The molecule has 0 aromatic carbocycles. The summed E-state index contributed by atoms with van der Waals surface area (Å²) in [7, 11) is -3.55. The zero-order chi connectivity index (χ0) is 15.1. The summed E-state index contributed by atoms with van der Waals surface area (Å²) >= 11 is 0. The predicted octanol–water partition coefficient (Wildman–Crippen LogP) is 1.04. The number of pyridine rings is 1. The minimum Gasteiger partial charge on any atom is -0.377 e. The van der Waals surface area contributed by atoms with Gasteiger partial charge in [0, 0.05) is 25.9 Å². The highest BCUT2D eigenvalue weighted by Crippen LogP contribution is 2.12. The van der Waals surface area contributed by atoms with Gasteiger partial charge in [0.25, 0.3) is 10.0 Å². The molecule has 1 aliphatic heterocycles. The maximum absolute atomic E-state index is 12.1. The second kappa shape index (κ2) is 7.84. The van der Waals surface area contributed by atoms with Crippen molar-refractivity contribution in [3.63, 3.8) is 0 Å². The number of hydrogen-bond donors (Lipinski definition) is 2. The van der Waals surface area contributed by atoms with E-state index in [1.54, 1.807) is 18.3 Å². The lowest BCUT2D eigenvalue weighted by Crippen LogP contribution is -2.32. The van der Waals surface area contributed by atoms with E-state index in [4.69, 9.17) is 4.74 Å². The van der Waals surface area contributed by atoms with Gasteiger partial charge in [-0.15, -0.1) is 0 Å². The molecule has 118 valence electrons. The molecule has 0 radical (unpaired) electrons. The molecule has 0 spiro atoms. The lowest BCUT2D eigenvalue weighted by molar-refractivity contribution is 0.114. The summed E-state index contributed by atoms with van der Waals surface area (Å²) < 4.78 is 32.2. The first kappa shape index (κ1) is 16.4. The van der Waals surface area contributed by atoms with Gasteiger partial charge in [-0.3, -0.25) is 0 Å². The molecule has 1 aromatic rings. The van der Waals surface area contributed by atoms with E-state index in [0.717, 1.165) is 31.4 Å². The molecule has 6 nitrogen and oxygen atoms in total. The second-order valence-corrected chi connectivity index (χ2v) is 6.88. The molecule has 7 heteroatoms. The lowest BCUT2D eigenvalue weighted by Gasteiger charge is -2.11.